The van der Waals surface area contributed by atoms with E-state index in [9.17, 15) is 35.5 Å². The number of rotatable bonds is 3. The molecule has 0 radical (unpaired) electrons. The average molecular weight is 316 g/mol. The van der Waals surface area contributed by atoms with Crippen LogP contribution in [0.4, 0.5) is 30.7 Å². The zero-order chi connectivity index (χ0) is 16.4. The second kappa shape index (κ2) is 6.15. The van der Waals surface area contributed by atoms with E-state index >= 15 is 0 Å². The Morgan fingerprint density at radius 2 is 1.52 bits per heavy atom. The van der Waals surface area contributed by atoms with Crippen molar-refractivity contribution in [2.24, 2.45) is 0 Å². The van der Waals surface area contributed by atoms with Gasteiger partial charge >= 0.3 is 12.1 Å². The van der Waals surface area contributed by atoms with Gasteiger partial charge in [-0.05, 0) is 13.0 Å². The van der Waals surface area contributed by atoms with Crippen LogP contribution in [0.25, 0.3) is 6.08 Å². The van der Waals surface area contributed by atoms with Gasteiger partial charge in [-0.2, -0.15) is 13.2 Å². The quantitative estimate of drug-likeness (QED) is 0.366. The maximum Gasteiger partial charge on any atom is 0.422 e. The first-order chi connectivity index (χ1) is 9.61. The molecular weight excluding hydrogens is 309 g/mol. The maximum atomic E-state index is 13.4. The molecule has 116 valence electrons. The molecule has 0 aliphatic heterocycles. The molecule has 1 aromatic carbocycles. The Morgan fingerprint density at radius 3 is 1.90 bits per heavy atom. The second-order valence-corrected chi connectivity index (χ2v) is 3.63. The van der Waals surface area contributed by atoms with Gasteiger partial charge in [-0.25, -0.2) is 22.4 Å². The molecule has 0 saturated carbocycles. The van der Waals surface area contributed by atoms with Crippen LogP contribution in [-0.2, 0) is 15.7 Å². The number of carbonyl (C=O) groups excluding carboxylic acids is 1. The van der Waals surface area contributed by atoms with Crippen LogP contribution < -0.4 is 0 Å². The number of hydrogen-bond acceptors (Lipinski definition) is 2. The number of ether oxygens (including phenoxy) is 1. The zero-order valence-electron chi connectivity index (χ0n) is 10.3. The normalized spacial score (nSPS) is 12.0. The third-order valence-corrected chi connectivity index (χ3v) is 2.25. The number of hydrogen-bond donors (Lipinski definition) is 0. The van der Waals surface area contributed by atoms with Crippen molar-refractivity contribution >= 4 is 12.0 Å². The minimum Gasteiger partial charge on any atom is -0.463 e. The Balaban J connectivity index is 3.42. The molecule has 21 heavy (non-hydrogen) atoms. The monoisotopic (exact) mass is 316 g/mol. The molecule has 0 saturated heterocycles. The van der Waals surface area contributed by atoms with Gasteiger partial charge in [0, 0.05) is 6.08 Å². The van der Waals surface area contributed by atoms with Crippen LogP contribution in [0.5, 0.6) is 0 Å². The van der Waals surface area contributed by atoms with Gasteiger partial charge in [-0.15, -0.1) is 0 Å². The van der Waals surface area contributed by atoms with Crippen molar-refractivity contribution in [3.63, 3.8) is 0 Å². The summed E-state index contributed by atoms with van der Waals surface area (Å²) in [7, 11) is 0. The standard InChI is InChI=1S/C12H7F7O2/c1-2-21-6(20)4-3-5-8(13)10(15)7(12(17,18)19)11(16)9(5)14/h3-4H,2H2,1H3/b4-3-. The van der Waals surface area contributed by atoms with E-state index in [0.29, 0.717) is 6.08 Å². The van der Waals surface area contributed by atoms with E-state index in [0.717, 1.165) is 0 Å². The summed E-state index contributed by atoms with van der Waals surface area (Å²) >= 11 is 0. The summed E-state index contributed by atoms with van der Waals surface area (Å²) in [6, 6.07) is 0. The lowest BCUT2D eigenvalue weighted by Gasteiger charge is -2.12. The van der Waals surface area contributed by atoms with Crippen LogP contribution in [0.1, 0.15) is 18.1 Å². The third-order valence-electron chi connectivity index (χ3n) is 2.25. The molecular formula is C12H7F7O2. The number of esters is 1. The number of halogens is 7. The van der Waals surface area contributed by atoms with E-state index in [2.05, 4.69) is 4.74 Å². The van der Waals surface area contributed by atoms with E-state index in [1.807, 2.05) is 0 Å². The SMILES string of the molecule is CCOC(=O)/C=C\c1c(F)c(F)c(C(F)(F)F)c(F)c1F. The van der Waals surface area contributed by atoms with Crippen molar-refractivity contribution in [3.05, 3.63) is 40.5 Å². The summed E-state index contributed by atoms with van der Waals surface area (Å²) in [6.45, 7) is 1.34. The summed E-state index contributed by atoms with van der Waals surface area (Å²) in [5.74, 6) is -10.8. The minimum absolute atomic E-state index is 0.0795. The predicted molar refractivity (Wildman–Crippen MR) is 56.9 cm³/mol. The zero-order valence-corrected chi connectivity index (χ0v) is 10.3. The average Bonchev–Trinajstić information content (AvgIpc) is 2.35. The molecule has 0 aromatic heterocycles. The summed E-state index contributed by atoms with van der Waals surface area (Å²) < 4.78 is 94.5. The predicted octanol–water partition coefficient (Wildman–Crippen LogP) is 3.84. The van der Waals surface area contributed by atoms with Gasteiger partial charge < -0.3 is 4.74 Å². The van der Waals surface area contributed by atoms with E-state index in [1.165, 1.54) is 6.92 Å². The Labute approximate surface area is 113 Å². The molecule has 0 spiro atoms. The highest BCUT2D eigenvalue weighted by atomic mass is 19.4. The van der Waals surface area contributed by atoms with Gasteiger partial charge in [0.2, 0.25) is 0 Å². The highest BCUT2D eigenvalue weighted by molar-refractivity contribution is 5.87. The molecule has 0 heterocycles. The fourth-order valence-corrected chi connectivity index (χ4v) is 1.39. The lowest BCUT2D eigenvalue weighted by atomic mass is 10.1. The Hall–Kier alpha value is -2.06. The van der Waals surface area contributed by atoms with Crippen molar-refractivity contribution in [1.82, 2.24) is 0 Å². The summed E-state index contributed by atoms with van der Waals surface area (Å²) in [6.07, 6.45) is -4.90. The second-order valence-electron chi connectivity index (χ2n) is 3.63. The number of alkyl halides is 3. The molecule has 1 aromatic rings. The van der Waals surface area contributed by atoms with Gasteiger partial charge in [0.05, 0.1) is 12.2 Å². The Bertz CT molecular complexity index is 561. The van der Waals surface area contributed by atoms with E-state index < -0.39 is 46.5 Å². The molecule has 2 nitrogen and oxygen atoms in total. The van der Waals surface area contributed by atoms with Crippen LogP contribution >= 0.6 is 0 Å². The molecule has 0 N–H and O–H groups in total. The van der Waals surface area contributed by atoms with Crippen molar-refractivity contribution in [2.75, 3.05) is 6.61 Å². The van der Waals surface area contributed by atoms with Gasteiger partial charge in [-0.1, -0.05) is 0 Å². The molecule has 1 rings (SSSR count). The Morgan fingerprint density at radius 1 is 1.05 bits per heavy atom. The molecule has 0 fully saturated rings. The lowest BCUT2D eigenvalue weighted by molar-refractivity contribution is -0.143. The van der Waals surface area contributed by atoms with Crippen molar-refractivity contribution in [2.45, 2.75) is 13.1 Å². The molecule has 0 aliphatic rings. The molecule has 0 amide bonds. The minimum atomic E-state index is -5.61. The van der Waals surface area contributed by atoms with Gasteiger partial charge in [0.1, 0.15) is 5.56 Å². The van der Waals surface area contributed by atoms with Crippen LogP contribution in [0, 0.1) is 23.3 Å². The number of carbonyl (C=O) groups is 1. The smallest absolute Gasteiger partial charge is 0.422 e. The topological polar surface area (TPSA) is 26.3 Å². The first-order valence-corrected chi connectivity index (χ1v) is 5.39. The van der Waals surface area contributed by atoms with Crippen LogP contribution in [0.15, 0.2) is 6.08 Å². The van der Waals surface area contributed by atoms with E-state index in [4.69, 9.17) is 0 Å². The maximum absolute atomic E-state index is 13.4. The first kappa shape index (κ1) is 17.0. The van der Waals surface area contributed by atoms with Gasteiger partial charge in [0.25, 0.3) is 0 Å². The first-order valence-electron chi connectivity index (χ1n) is 5.39. The molecule has 0 bridgehead atoms. The van der Waals surface area contributed by atoms with Crippen LogP contribution in [-0.4, -0.2) is 12.6 Å². The highest BCUT2D eigenvalue weighted by Crippen LogP contribution is 2.37. The molecule has 0 unspecified atom stereocenters. The van der Waals surface area contributed by atoms with Crippen molar-refractivity contribution in [3.8, 4) is 0 Å². The largest absolute Gasteiger partial charge is 0.463 e. The van der Waals surface area contributed by atoms with Crippen molar-refractivity contribution < 1.29 is 40.3 Å². The fraction of sp³-hybridized carbons (Fsp3) is 0.250. The van der Waals surface area contributed by atoms with Crippen LogP contribution in [0.2, 0.25) is 0 Å². The summed E-state index contributed by atoms with van der Waals surface area (Å²) in [5.41, 5.74) is -4.13. The molecule has 9 heteroatoms. The molecule has 0 aliphatic carbocycles. The number of benzene rings is 1. The van der Waals surface area contributed by atoms with Gasteiger partial charge in [-0.3, -0.25) is 0 Å². The lowest BCUT2D eigenvalue weighted by Crippen LogP contribution is -2.16. The van der Waals surface area contributed by atoms with E-state index in [-0.39, 0.29) is 12.7 Å². The summed E-state index contributed by atoms with van der Waals surface area (Å²) in [5, 5.41) is 0. The third kappa shape index (κ3) is 3.53. The highest BCUT2D eigenvalue weighted by Gasteiger charge is 2.41. The van der Waals surface area contributed by atoms with E-state index in [1.54, 1.807) is 0 Å². The molecule has 0 atom stereocenters. The summed E-state index contributed by atoms with van der Waals surface area (Å²) in [4.78, 5) is 10.9. The van der Waals surface area contributed by atoms with Crippen LogP contribution in [0.3, 0.4) is 0 Å². The van der Waals surface area contributed by atoms with Crippen molar-refractivity contribution in [1.29, 1.82) is 0 Å². The Kier molecular flexibility index (Phi) is 4.97. The van der Waals surface area contributed by atoms with Gasteiger partial charge in [0.15, 0.2) is 23.3 Å². The fourth-order valence-electron chi connectivity index (χ4n) is 1.39.